The SMILES string of the molecule is C=NP(=NP(=NP(Oc1ccc(C(C)=O)cc1)Oc1ccc(C(C)=O)cc1)(Oc1ccc(C(C)=O)cc1)Oc1ccc(C(C)=O)cc1)(Oc1ccc(C(C)=O)cc1)Oc1ccc(C(C)=O)cc1. The van der Waals surface area contributed by atoms with Gasteiger partial charge in [0.25, 0.3) is 0 Å². The molecule has 0 saturated heterocycles. The number of rotatable bonds is 21. The molecule has 0 radical (unpaired) electrons. The first-order valence-electron chi connectivity index (χ1n) is 20.3. The average Bonchev–Trinajstić information content (AvgIpc) is 3.30. The summed E-state index contributed by atoms with van der Waals surface area (Å²) < 4.78 is 54.2. The molecular formula is C49H44N3O12P3. The number of hydrogen-bond donors (Lipinski definition) is 0. The molecule has 0 amide bonds. The molecule has 67 heavy (non-hydrogen) atoms. The van der Waals surface area contributed by atoms with Crippen LogP contribution in [0.3, 0.4) is 0 Å². The molecule has 0 aliphatic rings. The number of ketones is 6. The van der Waals surface area contributed by atoms with Gasteiger partial charge < -0.3 is 27.1 Å². The summed E-state index contributed by atoms with van der Waals surface area (Å²) in [5.74, 6) is -0.300. The van der Waals surface area contributed by atoms with E-state index in [-0.39, 0.29) is 69.2 Å². The highest BCUT2D eigenvalue weighted by Crippen LogP contribution is 2.68. The van der Waals surface area contributed by atoms with E-state index in [9.17, 15) is 28.8 Å². The van der Waals surface area contributed by atoms with Crippen molar-refractivity contribution in [3.8, 4) is 34.5 Å². The average molecular weight is 960 g/mol. The van der Waals surface area contributed by atoms with Crippen LogP contribution in [-0.2, 0) is 0 Å². The molecule has 6 rings (SSSR count). The van der Waals surface area contributed by atoms with Gasteiger partial charge in [-0.25, -0.2) is 0 Å². The van der Waals surface area contributed by atoms with Crippen LogP contribution in [0.4, 0.5) is 0 Å². The summed E-state index contributed by atoms with van der Waals surface area (Å²) in [5.41, 5.74) is 2.34. The third-order valence-corrected chi connectivity index (χ3v) is 15.6. The van der Waals surface area contributed by atoms with Gasteiger partial charge in [-0.1, -0.05) is 4.52 Å². The molecule has 15 nitrogen and oxygen atoms in total. The molecule has 0 fully saturated rings. The lowest BCUT2D eigenvalue weighted by Crippen LogP contribution is -2.06. The molecule has 0 heterocycles. The topological polar surface area (TPSA) is 195 Å². The minimum atomic E-state index is -4.55. The predicted molar refractivity (Wildman–Crippen MR) is 258 cm³/mol. The predicted octanol–water partition coefficient (Wildman–Crippen LogP) is 13.5. The molecule has 0 saturated carbocycles. The number of Topliss-reactive ketones (excluding diaryl/α,β-unsaturated/α-hetero) is 6. The van der Waals surface area contributed by atoms with Crippen LogP contribution in [0.5, 0.6) is 34.5 Å². The Balaban J connectivity index is 1.69. The van der Waals surface area contributed by atoms with Crippen molar-refractivity contribution >= 4 is 65.3 Å². The fraction of sp³-hybridized carbons (Fsp3) is 0.122. The lowest BCUT2D eigenvalue weighted by molar-refractivity contribution is 0.100. The van der Waals surface area contributed by atoms with E-state index in [1.807, 2.05) is 0 Å². The van der Waals surface area contributed by atoms with Gasteiger partial charge in [-0.15, -0.1) is 4.52 Å². The Kier molecular flexibility index (Phi) is 16.0. The van der Waals surface area contributed by atoms with Crippen molar-refractivity contribution in [2.45, 2.75) is 41.5 Å². The van der Waals surface area contributed by atoms with Crippen molar-refractivity contribution in [2.75, 3.05) is 0 Å². The van der Waals surface area contributed by atoms with E-state index < -0.39 is 23.8 Å². The summed E-state index contributed by atoms with van der Waals surface area (Å²) in [5, 5.41) is 0. The molecule has 0 aliphatic heterocycles. The summed E-state index contributed by atoms with van der Waals surface area (Å²) in [6.45, 7) is 12.4. The van der Waals surface area contributed by atoms with Crippen LogP contribution >= 0.6 is 23.8 Å². The van der Waals surface area contributed by atoms with Crippen molar-refractivity contribution < 1.29 is 55.9 Å². The van der Waals surface area contributed by atoms with Crippen LogP contribution in [0.1, 0.15) is 104 Å². The second kappa shape index (κ2) is 21.8. The fourth-order valence-electron chi connectivity index (χ4n) is 5.77. The molecule has 0 N–H and O–H groups in total. The number of carbonyl (C=O) groups excluding carboxylic acids is 6. The highest BCUT2D eigenvalue weighted by Gasteiger charge is 2.39. The Labute approximate surface area is 388 Å². The summed E-state index contributed by atoms with van der Waals surface area (Å²) in [4.78, 5) is 73.7. The van der Waals surface area contributed by atoms with Crippen molar-refractivity contribution in [1.82, 2.24) is 0 Å². The van der Waals surface area contributed by atoms with Gasteiger partial charge in [0, 0.05) is 33.4 Å². The Hall–Kier alpha value is -7.30. The molecule has 0 aliphatic carbocycles. The van der Waals surface area contributed by atoms with E-state index >= 15 is 0 Å². The van der Waals surface area contributed by atoms with Gasteiger partial charge in [0.05, 0.1) is 0 Å². The quantitative estimate of drug-likeness (QED) is 0.0377. The van der Waals surface area contributed by atoms with E-state index in [1.54, 1.807) is 72.8 Å². The molecule has 0 bridgehead atoms. The van der Waals surface area contributed by atoms with Gasteiger partial charge in [-0.05, 0) is 194 Å². The maximum Gasteiger partial charge on any atom is 0.459 e. The van der Waals surface area contributed by atoms with E-state index in [0.717, 1.165) is 0 Å². The highest BCUT2D eigenvalue weighted by atomic mass is 31.2. The van der Waals surface area contributed by atoms with Crippen LogP contribution in [0.15, 0.2) is 159 Å². The molecular weight excluding hydrogens is 915 g/mol. The third-order valence-electron chi connectivity index (χ3n) is 9.42. The molecule has 342 valence electrons. The van der Waals surface area contributed by atoms with Gasteiger partial charge in [-0.2, -0.15) is 4.76 Å². The standard InChI is InChI=1S/C49H44N3O12P3/c1-32(53)38-8-20-44(21-9-38)59-65(60-45-22-10-39(11-23-45)33(2)54)51-67(63-48-28-16-42(17-29-48)36(5)57,64-49-30-18-43(19-31-49)37(6)58)52-66(50-7,61-46-24-12-40(13-25-46)34(3)55)62-47-26-14-41(15-27-47)35(4)56/h8-31H,7H2,1-6H3. The van der Waals surface area contributed by atoms with Crippen molar-refractivity contribution in [1.29, 1.82) is 0 Å². The first kappa shape index (κ1) is 49.1. The van der Waals surface area contributed by atoms with Gasteiger partial charge >= 0.3 is 23.8 Å². The van der Waals surface area contributed by atoms with E-state index in [2.05, 4.69) is 11.5 Å². The number of hydrogen-bond acceptors (Lipinski definition) is 13. The van der Waals surface area contributed by atoms with Gasteiger partial charge in [0.2, 0.25) is 0 Å². The third kappa shape index (κ3) is 13.4. The summed E-state index contributed by atoms with van der Waals surface area (Å²) >= 11 is 0. The Morgan fingerprint density at radius 3 is 0.776 bits per heavy atom. The zero-order valence-corrected chi connectivity index (χ0v) is 39.8. The molecule has 18 heteroatoms. The summed E-state index contributed by atoms with van der Waals surface area (Å²) in [6, 6.07) is 36.8. The number of benzene rings is 6. The van der Waals surface area contributed by atoms with Gasteiger partial charge in [0.15, 0.2) is 34.7 Å². The maximum atomic E-state index is 12.4. The molecule has 0 aromatic heterocycles. The van der Waals surface area contributed by atoms with E-state index in [1.165, 1.54) is 114 Å². The van der Waals surface area contributed by atoms with E-state index in [4.69, 9.17) is 36.2 Å². The second-order valence-electron chi connectivity index (χ2n) is 14.6. The van der Waals surface area contributed by atoms with Crippen molar-refractivity contribution in [2.24, 2.45) is 13.8 Å². The molecule has 0 unspecified atom stereocenters. The van der Waals surface area contributed by atoms with Gasteiger partial charge in [-0.3, -0.25) is 28.8 Å². The van der Waals surface area contributed by atoms with Crippen LogP contribution in [0.2, 0.25) is 0 Å². The number of carbonyl (C=O) groups is 6. The van der Waals surface area contributed by atoms with Gasteiger partial charge in [0.1, 0.15) is 34.5 Å². The monoisotopic (exact) mass is 959 g/mol. The smallest absolute Gasteiger partial charge is 0.422 e. The van der Waals surface area contributed by atoms with Crippen molar-refractivity contribution in [3.05, 3.63) is 179 Å². The van der Waals surface area contributed by atoms with Crippen molar-refractivity contribution in [3.63, 3.8) is 0 Å². The largest absolute Gasteiger partial charge is 0.459 e. The van der Waals surface area contributed by atoms with Crippen LogP contribution in [0, 0.1) is 0 Å². The van der Waals surface area contributed by atoms with Crippen LogP contribution < -0.4 is 27.1 Å². The molecule has 6 aromatic carbocycles. The minimum absolute atomic E-state index is 0.0940. The first-order chi connectivity index (χ1) is 31.9. The normalized spacial score (nSPS) is 11.1. The summed E-state index contributed by atoms with van der Waals surface area (Å²) in [6.07, 6.45) is 0. The fourth-order valence-corrected chi connectivity index (χ4v) is 11.9. The Bertz CT molecular complexity index is 2750. The lowest BCUT2D eigenvalue weighted by Gasteiger charge is -2.27. The van der Waals surface area contributed by atoms with Crippen LogP contribution in [0.25, 0.3) is 0 Å². The summed E-state index contributed by atoms with van der Waals surface area (Å²) in [7, 11) is -11.5. The molecule has 0 atom stereocenters. The molecule has 0 spiro atoms. The number of nitrogens with zero attached hydrogens (tertiary/aromatic N) is 3. The second-order valence-corrected chi connectivity index (χ2v) is 19.8. The van der Waals surface area contributed by atoms with E-state index in [0.29, 0.717) is 33.4 Å². The highest BCUT2D eigenvalue weighted by molar-refractivity contribution is 7.71. The molecule has 6 aromatic rings. The Morgan fingerprint density at radius 2 is 0.567 bits per heavy atom. The first-order valence-corrected chi connectivity index (χ1v) is 24.5. The maximum absolute atomic E-state index is 12.4. The zero-order valence-electron chi connectivity index (χ0n) is 37.1. The Morgan fingerprint density at radius 1 is 0.358 bits per heavy atom. The van der Waals surface area contributed by atoms with Crippen LogP contribution in [-0.4, -0.2) is 41.4 Å². The lowest BCUT2D eigenvalue weighted by atomic mass is 10.1. The minimum Gasteiger partial charge on any atom is -0.422 e. The zero-order chi connectivity index (χ0) is 48.3.